The molecule has 0 bridgehead atoms. The summed E-state index contributed by atoms with van der Waals surface area (Å²) >= 11 is 0. The number of aromatic amines is 1. The normalized spacial score (nSPS) is 11.5. The van der Waals surface area contributed by atoms with Gasteiger partial charge in [0.05, 0.1) is 17.8 Å². The van der Waals surface area contributed by atoms with E-state index in [0.29, 0.717) is 23.1 Å². The number of hydrogen-bond donors (Lipinski definition) is 2. The van der Waals surface area contributed by atoms with Gasteiger partial charge in [-0.05, 0) is 12.8 Å². The molecular weight excluding hydrogens is 220 g/mol. The van der Waals surface area contributed by atoms with Crippen LogP contribution < -0.4 is 0 Å². The molecule has 6 heteroatoms. The first-order valence-electron chi connectivity index (χ1n) is 5.62. The summed E-state index contributed by atoms with van der Waals surface area (Å²) in [5.74, 6) is 1.02. The Morgan fingerprint density at radius 1 is 1.47 bits per heavy atom. The first-order valence-corrected chi connectivity index (χ1v) is 5.62. The van der Waals surface area contributed by atoms with Crippen molar-refractivity contribution >= 4 is 11.7 Å². The van der Waals surface area contributed by atoms with Gasteiger partial charge in [0.1, 0.15) is 5.82 Å². The number of aryl methyl sites for hydroxylation is 1. The van der Waals surface area contributed by atoms with Crippen molar-refractivity contribution in [2.24, 2.45) is 5.92 Å². The van der Waals surface area contributed by atoms with Crippen LogP contribution in [0.3, 0.4) is 0 Å². The van der Waals surface area contributed by atoms with Crippen LogP contribution in [-0.2, 0) is 17.6 Å². The van der Waals surface area contributed by atoms with Gasteiger partial charge in [-0.25, -0.2) is 9.50 Å². The van der Waals surface area contributed by atoms with E-state index >= 15 is 0 Å². The molecule has 0 spiro atoms. The largest absolute Gasteiger partial charge is 0.481 e. The molecule has 0 atom stereocenters. The molecule has 0 unspecified atom stereocenters. The van der Waals surface area contributed by atoms with Crippen molar-refractivity contribution in [2.45, 2.75) is 33.6 Å². The Kier molecular flexibility index (Phi) is 2.87. The van der Waals surface area contributed by atoms with Crippen LogP contribution in [0.2, 0.25) is 0 Å². The van der Waals surface area contributed by atoms with Gasteiger partial charge in [-0.2, -0.15) is 4.98 Å². The zero-order chi connectivity index (χ0) is 12.6. The third kappa shape index (κ3) is 2.30. The first kappa shape index (κ1) is 11.6. The van der Waals surface area contributed by atoms with E-state index in [1.807, 2.05) is 0 Å². The molecular formula is C11H16N4O2. The Hall–Kier alpha value is -1.85. The topological polar surface area (TPSA) is 83.3 Å². The summed E-state index contributed by atoms with van der Waals surface area (Å²) in [7, 11) is 0. The lowest BCUT2D eigenvalue weighted by atomic mass is 10.1. The minimum atomic E-state index is -0.866. The number of H-pyrrole nitrogens is 1. The number of nitrogens with zero attached hydrogens (tertiary/aromatic N) is 3. The maximum Gasteiger partial charge on any atom is 0.309 e. The van der Waals surface area contributed by atoms with Gasteiger partial charge in [0.2, 0.25) is 0 Å². The molecule has 0 saturated heterocycles. The second-order valence-electron chi connectivity index (χ2n) is 4.62. The molecule has 2 aromatic heterocycles. The van der Waals surface area contributed by atoms with E-state index in [9.17, 15) is 4.79 Å². The summed E-state index contributed by atoms with van der Waals surface area (Å²) < 4.78 is 1.67. The van der Waals surface area contributed by atoms with Crippen LogP contribution in [0.4, 0.5) is 0 Å². The highest BCUT2D eigenvalue weighted by molar-refractivity contribution is 5.70. The van der Waals surface area contributed by atoms with Gasteiger partial charge in [0, 0.05) is 6.42 Å². The van der Waals surface area contributed by atoms with Gasteiger partial charge in [0.15, 0.2) is 0 Å². The molecule has 0 aliphatic heterocycles. The standard InChI is InChI=1S/C11H16N4O2/c1-6(2)4-9-13-11-12-7(3)8(5-10(16)17)15(11)14-9/h6H,4-5H2,1-3H3,(H,16,17)(H,12,13,14). The molecule has 17 heavy (non-hydrogen) atoms. The molecule has 0 aromatic carbocycles. The molecule has 92 valence electrons. The van der Waals surface area contributed by atoms with Gasteiger partial charge in [0.25, 0.3) is 5.78 Å². The van der Waals surface area contributed by atoms with E-state index in [1.54, 1.807) is 11.4 Å². The Balaban J connectivity index is 2.41. The predicted molar refractivity (Wildman–Crippen MR) is 62.0 cm³/mol. The number of aliphatic carboxylic acids is 1. The van der Waals surface area contributed by atoms with Crippen molar-refractivity contribution in [1.29, 1.82) is 0 Å². The number of rotatable bonds is 4. The average Bonchev–Trinajstić information content (AvgIpc) is 2.65. The molecule has 0 aliphatic carbocycles. The molecule has 2 N–H and O–H groups in total. The Morgan fingerprint density at radius 2 is 2.18 bits per heavy atom. The number of carboxylic acid groups (broad SMARTS) is 1. The van der Waals surface area contributed by atoms with Crippen LogP contribution in [-0.4, -0.2) is 30.7 Å². The molecule has 0 amide bonds. The van der Waals surface area contributed by atoms with Crippen molar-refractivity contribution in [3.63, 3.8) is 0 Å². The van der Waals surface area contributed by atoms with Crippen LogP contribution in [0.1, 0.15) is 31.1 Å². The number of imidazole rings is 1. The van der Waals surface area contributed by atoms with Gasteiger partial charge in [-0.1, -0.05) is 13.8 Å². The smallest absolute Gasteiger partial charge is 0.309 e. The van der Waals surface area contributed by atoms with E-state index < -0.39 is 5.97 Å². The minimum Gasteiger partial charge on any atom is -0.481 e. The number of fused-ring (bicyclic) bond motifs is 1. The van der Waals surface area contributed by atoms with Crippen molar-refractivity contribution in [3.8, 4) is 0 Å². The maximum atomic E-state index is 10.8. The summed E-state index contributed by atoms with van der Waals surface area (Å²) in [5.41, 5.74) is 1.37. The fourth-order valence-electron chi connectivity index (χ4n) is 1.84. The summed E-state index contributed by atoms with van der Waals surface area (Å²) in [5, 5.41) is 11.9. The van der Waals surface area contributed by atoms with Crippen molar-refractivity contribution in [2.75, 3.05) is 0 Å². The molecule has 0 fully saturated rings. The maximum absolute atomic E-state index is 10.8. The molecule has 2 heterocycles. The monoisotopic (exact) mass is 236 g/mol. The molecule has 0 aliphatic rings. The van der Waals surface area contributed by atoms with Crippen LogP contribution in [0.25, 0.3) is 5.78 Å². The predicted octanol–water partition coefficient (Wildman–Crippen LogP) is 1.19. The Morgan fingerprint density at radius 3 is 2.76 bits per heavy atom. The van der Waals surface area contributed by atoms with Crippen LogP contribution >= 0.6 is 0 Å². The number of carboxylic acids is 1. The average molecular weight is 236 g/mol. The van der Waals surface area contributed by atoms with E-state index in [4.69, 9.17) is 5.11 Å². The quantitative estimate of drug-likeness (QED) is 0.835. The fourth-order valence-corrected chi connectivity index (χ4v) is 1.84. The third-order valence-electron chi connectivity index (χ3n) is 2.55. The summed E-state index contributed by atoms with van der Waals surface area (Å²) in [4.78, 5) is 19.4. The second kappa shape index (κ2) is 4.20. The van der Waals surface area contributed by atoms with Crippen molar-refractivity contribution in [1.82, 2.24) is 19.6 Å². The molecule has 6 nitrogen and oxygen atoms in total. The number of carbonyl (C=O) groups is 1. The first-order chi connectivity index (χ1) is 7.97. The van der Waals surface area contributed by atoms with Crippen molar-refractivity contribution < 1.29 is 9.90 Å². The fraction of sp³-hybridized carbons (Fsp3) is 0.545. The lowest BCUT2D eigenvalue weighted by Gasteiger charge is -2.00. The minimum absolute atomic E-state index is 0.0453. The van der Waals surface area contributed by atoms with Gasteiger partial charge >= 0.3 is 5.97 Å². The zero-order valence-electron chi connectivity index (χ0n) is 10.2. The van der Waals surface area contributed by atoms with E-state index in [2.05, 4.69) is 28.9 Å². The summed E-state index contributed by atoms with van der Waals surface area (Å²) in [6.45, 7) is 6.01. The zero-order valence-corrected chi connectivity index (χ0v) is 10.2. The van der Waals surface area contributed by atoms with E-state index in [-0.39, 0.29) is 6.42 Å². The lowest BCUT2D eigenvalue weighted by Crippen LogP contribution is -2.06. The van der Waals surface area contributed by atoms with E-state index in [0.717, 1.165) is 12.2 Å². The van der Waals surface area contributed by atoms with E-state index in [1.165, 1.54) is 0 Å². The molecule has 0 radical (unpaired) electrons. The molecule has 2 aromatic rings. The molecule has 0 saturated carbocycles. The van der Waals surface area contributed by atoms with Crippen LogP contribution in [0.15, 0.2) is 0 Å². The molecule has 2 rings (SSSR count). The highest BCUT2D eigenvalue weighted by Gasteiger charge is 2.15. The van der Waals surface area contributed by atoms with Crippen LogP contribution in [0.5, 0.6) is 0 Å². The summed E-state index contributed by atoms with van der Waals surface area (Å²) in [6.07, 6.45) is 0.783. The lowest BCUT2D eigenvalue weighted by molar-refractivity contribution is -0.136. The number of nitrogens with one attached hydrogen (secondary N) is 1. The van der Waals surface area contributed by atoms with Crippen molar-refractivity contribution in [3.05, 3.63) is 17.2 Å². The van der Waals surface area contributed by atoms with Gasteiger partial charge in [-0.3, -0.25) is 9.89 Å². The Bertz CT molecular complexity index is 553. The third-order valence-corrected chi connectivity index (χ3v) is 2.55. The SMILES string of the molecule is Cc1nc2nc(CC(C)C)[nH]n2c1CC(=O)O. The number of hydrogen-bond acceptors (Lipinski definition) is 3. The summed E-state index contributed by atoms with van der Waals surface area (Å²) in [6, 6.07) is 0. The Labute approximate surface area is 98.7 Å². The second-order valence-corrected chi connectivity index (χ2v) is 4.62. The number of aromatic nitrogens is 4. The van der Waals surface area contributed by atoms with Gasteiger partial charge < -0.3 is 5.11 Å². The van der Waals surface area contributed by atoms with Gasteiger partial charge in [-0.15, -0.1) is 0 Å². The highest BCUT2D eigenvalue weighted by atomic mass is 16.4. The highest BCUT2D eigenvalue weighted by Crippen LogP contribution is 2.12. The van der Waals surface area contributed by atoms with Crippen LogP contribution in [0, 0.1) is 12.8 Å².